The van der Waals surface area contributed by atoms with Gasteiger partial charge in [0, 0.05) is 44.8 Å². The largest absolute Gasteiger partial charge is 0.355 e. The monoisotopic (exact) mass is 411 g/mol. The predicted octanol–water partition coefficient (Wildman–Crippen LogP) is 1.26. The average molecular weight is 412 g/mol. The molecule has 1 N–H and O–H groups in total. The third-order valence-electron chi connectivity index (χ3n) is 6.36. The molecule has 28 heavy (non-hydrogen) atoms. The van der Waals surface area contributed by atoms with E-state index in [2.05, 4.69) is 22.2 Å². The van der Waals surface area contributed by atoms with Gasteiger partial charge in [0.05, 0.1) is 0 Å². The van der Waals surface area contributed by atoms with Crippen molar-refractivity contribution in [2.45, 2.75) is 62.4 Å². The van der Waals surface area contributed by atoms with Crippen molar-refractivity contribution >= 4 is 15.9 Å². The van der Waals surface area contributed by atoms with Gasteiger partial charge >= 0.3 is 0 Å². The number of aromatic nitrogens is 2. The van der Waals surface area contributed by atoms with Crippen LogP contribution in [0.25, 0.3) is 0 Å². The molecule has 0 bridgehead atoms. The van der Waals surface area contributed by atoms with Crippen molar-refractivity contribution in [2.24, 2.45) is 7.05 Å². The number of nitrogens with zero attached hydrogens (tertiary/aromatic N) is 4. The van der Waals surface area contributed by atoms with Crippen LogP contribution in [-0.2, 0) is 21.9 Å². The first-order valence-electron chi connectivity index (χ1n) is 10.2. The quantitative estimate of drug-likeness (QED) is 0.792. The lowest BCUT2D eigenvalue weighted by molar-refractivity contribution is -0.124. The molecule has 0 unspecified atom stereocenters. The van der Waals surface area contributed by atoms with Crippen LogP contribution in [0.1, 0.15) is 50.8 Å². The molecule has 1 spiro atoms. The maximum atomic E-state index is 13.1. The average Bonchev–Trinajstić information content (AvgIpc) is 2.99. The van der Waals surface area contributed by atoms with Crippen LogP contribution in [0.5, 0.6) is 0 Å². The summed E-state index contributed by atoms with van der Waals surface area (Å²) in [5.74, 6) is 0.672. The van der Waals surface area contributed by atoms with E-state index in [1.165, 1.54) is 10.7 Å². The van der Waals surface area contributed by atoms with Crippen LogP contribution in [-0.4, -0.2) is 71.8 Å². The summed E-state index contributed by atoms with van der Waals surface area (Å²) in [5, 5.41) is 3.02. The highest BCUT2D eigenvalue weighted by Crippen LogP contribution is 2.36. The van der Waals surface area contributed by atoms with Crippen molar-refractivity contribution < 1.29 is 13.2 Å². The Hall–Kier alpha value is -1.45. The van der Waals surface area contributed by atoms with Crippen molar-refractivity contribution in [3.05, 3.63) is 12.0 Å². The van der Waals surface area contributed by atoms with E-state index in [0.29, 0.717) is 25.3 Å². The zero-order chi connectivity index (χ0) is 20.4. The van der Waals surface area contributed by atoms with Crippen LogP contribution >= 0.6 is 0 Å². The Labute approximate surface area is 168 Å². The van der Waals surface area contributed by atoms with Crippen molar-refractivity contribution in [1.29, 1.82) is 0 Å². The Morgan fingerprint density at radius 2 is 1.79 bits per heavy atom. The molecule has 8 nitrogen and oxygen atoms in total. The van der Waals surface area contributed by atoms with E-state index in [9.17, 15) is 13.2 Å². The van der Waals surface area contributed by atoms with Crippen LogP contribution in [0.4, 0.5) is 0 Å². The number of imidazole rings is 1. The summed E-state index contributed by atoms with van der Waals surface area (Å²) in [6, 6.07) is 0. The topological polar surface area (TPSA) is 87.5 Å². The van der Waals surface area contributed by atoms with E-state index >= 15 is 0 Å². The Morgan fingerprint density at radius 3 is 2.43 bits per heavy atom. The summed E-state index contributed by atoms with van der Waals surface area (Å²) in [6.07, 6.45) is 8.38. The first-order valence-corrected chi connectivity index (χ1v) is 11.7. The van der Waals surface area contributed by atoms with E-state index in [0.717, 1.165) is 38.6 Å². The number of carbonyl (C=O) groups excluding carboxylic acids is 1. The van der Waals surface area contributed by atoms with E-state index in [1.54, 1.807) is 24.7 Å². The Morgan fingerprint density at radius 1 is 1.07 bits per heavy atom. The van der Waals surface area contributed by atoms with E-state index in [1.807, 2.05) is 0 Å². The second-order valence-corrected chi connectivity index (χ2v) is 10.1. The molecule has 0 radical (unpaired) electrons. The number of rotatable bonds is 2. The summed E-state index contributed by atoms with van der Waals surface area (Å²) in [4.78, 5) is 19.1. The van der Waals surface area contributed by atoms with Crippen LogP contribution in [0.15, 0.2) is 11.2 Å². The lowest BCUT2D eigenvalue weighted by atomic mass is 9.77. The predicted molar refractivity (Wildman–Crippen MR) is 107 cm³/mol. The van der Waals surface area contributed by atoms with Gasteiger partial charge in [-0.05, 0) is 39.8 Å². The van der Waals surface area contributed by atoms with Gasteiger partial charge in [0.15, 0.2) is 5.03 Å². The number of hydrogen-bond acceptors (Lipinski definition) is 5. The Balaban J connectivity index is 1.78. The fourth-order valence-corrected chi connectivity index (χ4v) is 5.95. The minimum Gasteiger partial charge on any atom is -0.355 e. The minimum atomic E-state index is -3.68. The number of hydrogen-bond donors (Lipinski definition) is 1. The molecule has 158 valence electrons. The van der Waals surface area contributed by atoms with Gasteiger partial charge in [-0.3, -0.25) is 4.79 Å². The van der Waals surface area contributed by atoms with E-state index in [4.69, 9.17) is 0 Å². The molecule has 1 saturated heterocycles. The molecule has 3 rings (SSSR count). The molecular formula is C19H33N5O3S. The van der Waals surface area contributed by atoms with Gasteiger partial charge in [-0.2, -0.15) is 4.31 Å². The third-order valence-corrected chi connectivity index (χ3v) is 8.13. The Bertz CT molecular complexity index is 779. The second-order valence-electron chi connectivity index (χ2n) is 8.23. The molecule has 1 saturated carbocycles. The highest BCUT2D eigenvalue weighted by molar-refractivity contribution is 7.89. The molecule has 2 heterocycles. The highest BCUT2D eigenvalue weighted by Gasteiger charge is 2.38. The maximum Gasteiger partial charge on any atom is 0.262 e. The van der Waals surface area contributed by atoms with Gasteiger partial charge in [0.2, 0.25) is 5.91 Å². The second kappa shape index (κ2) is 8.51. The van der Waals surface area contributed by atoms with Crippen molar-refractivity contribution in [1.82, 2.24) is 24.1 Å². The van der Waals surface area contributed by atoms with Crippen LogP contribution in [0, 0.1) is 6.92 Å². The summed E-state index contributed by atoms with van der Waals surface area (Å²) in [6.45, 7) is 3.57. The normalized spacial score (nSPS) is 23.3. The first kappa shape index (κ1) is 21.3. The highest BCUT2D eigenvalue weighted by atomic mass is 32.2. The fraction of sp³-hybridized carbons (Fsp3) is 0.789. The van der Waals surface area contributed by atoms with Crippen molar-refractivity contribution in [3.63, 3.8) is 0 Å². The standard InChI is InChI=1S/C19H33N5O3S/c1-16-21-18(15-22(16)2)28(26,27)24-12-7-11-23(3)19(8-5-4-6-9-19)14-17(25)20-10-13-24/h15H,4-14H2,1-3H3,(H,20,25). The lowest BCUT2D eigenvalue weighted by Gasteiger charge is -2.44. The molecule has 9 heteroatoms. The van der Waals surface area contributed by atoms with Gasteiger partial charge in [0.25, 0.3) is 10.0 Å². The zero-order valence-corrected chi connectivity index (χ0v) is 18.1. The number of sulfonamides is 1. The van der Waals surface area contributed by atoms with E-state index in [-0.39, 0.29) is 23.0 Å². The molecule has 0 atom stereocenters. The molecule has 0 aromatic carbocycles. The maximum absolute atomic E-state index is 13.1. The van der Waals surface area contributed by atoms with Gasteiger partial charge in [-0.25, -0.2) is 13.4 Å². The number of aryl methyl sites for hydroxylation is 2. The van der Waals surface area contributed by atoms with Crippen molar-refractivity contribution in [3.8, 4) is 0 Å². The summed E-state index contributed by atoms with van der Waals surface area (Å²) in [7, 11) is 0.186. The molecule has 1 amide bonds. The number of carbonyl (C=O) groups is 1. The summed E-state index contributed by atoms with van der Waals surface area (Å²) < 4.78 is 29.3. The first-order chi connectivity index (χ1) is 13.2. The molecule has 1 aromatic rings. The number of nitrogens with one attached hydrogen (secondary N) is 1. The summed E-state index contributed by atoms with van der Waals surface area (Å²) >= 11 is 0. The smallest absolute Gasteiger partial charge is 0.262 e. The molecule has 2 aliphatic rings. The lowest BCUT2D eigenvalue weighted by Crippen LogP contribution is -2.51. The van der Waals surface area contributed by atoms with Gasteiger partial charge in [0.1, 0.15) is 5.82 Å². The molecule has 1 aliphatic carbocycles. The SMILES string of the molecule is Cc1nc(S(=O)(=O)N2CCCN(C)C3(CCCCC3)CC(=O)NCC2)cn1C. The fourth-order valence-electron chi connectivity index (χ4n) is 4.44. The van der Waals surface area contributed by atoms with Gasteiger partial charge < -0.3 is 14.8 Å². The molecule has 1 aliphatic heterocycles. The zero-order valence-electron chi connectivity index (χ0n) is 17.3. The van der Waals surface area contributed by atoms with Crippen LogP contribution in [0.3, 0.4) is 0 Å². The molecular weight excluding hydrogens is 378 g/mol. The van der Waals surface area contributed by atoms with Crippen molar-refractivity contribution in [2.75, 3.05) is 33.2 Å². The third kappa shape index (κ3) is 4.41. The minimum absolute atomic E-state index is 0.0154. The van der Waals surface area contributed by atoms with Crippen LogP contribution < -0.4 is 5.32 Å². The molecule has 2 fully saturated rings. The Kier molecular flexibility index (Phi) is 6.46. The van der Waals surface area contributed by atoms with Crippen LogP contribution in [0.2, 0.25) is 0 Å². The van der Waals surface area contributed by atoms with E-state index < -0.39 is 10.0 Å². The van der Waals surface area contributed by atoms with Gasteiger partial charge in [-0.15, -0.1) is 0 Å². The molecule has 1 aromatic heterocycles. The summed E-state index contributed by atoms with van der Waals surface area (Å²) in [5.41, 5.74) is -0.0888. The van der Waals surface area contributed by atoms with Gasteiger partial charge in [-0.1, -0.05) is 19.3 Å². The number of amides is 1.